The fourth-order valence-corrected chi connectivity index (χ4v) is 7.35. The molecule has 8 aromatic rings. The van der Waals surface area contributed by atoms with Crippen LogP contribution in [0, 0.1) is 27.7 Å². The summed E-state index contributed by atoms with van der Waals surface area (Å²) in [7, 11) is 0. The first-order valence-electron chi connectivity index (χ1n) is 16.2. The van der Waals surface area contributed by atoms with Gasteiger partial charge in [0.05, 0.1) is 39.0 Å². The highest BCUT2D eigenvalue weighted by Gasteiger charge is 2.41. The minimum absolute atomic E-state index is 0.0242. The van der Waals surface area contributed by atoms with Crippen LogP contribution in [0.1, 0.15) is 33.4 Å². The van der Waals surface area contributed by atoms with Crippen LogP contribution in [0.4, 0.5) is 26.3 Å². The number of fused-ring (bicyclic) bond motifs is 6. The third-order valence-electron chi connectivity index (χ3n) is 9.56. The number of hydrogen-bond donors (Lipinski definition) is 0. The maximum Gasteiger partial charge on any atom is 0.420 e. The summed E-state index contributed by atoms with van der Waals surface area (Å²) in [6, 6.07) is 30.2. The predicted octanol–water partition coefficient (Wildman–Crippen LogP) is 12.8. The molecule has 0 aliphatic carbocycles. The van der Waals surface area contributed by atoms with Crippen LogP contribution in [-0.4, -0.2) is 9.13 Å². The van der Waals surface area contributed by atoms with Gasteiger partial charge in [0.2, 0.25) is 0 Å². The van der Waals surface area contributed by atoms with Crippen LogP contribution in [0.2, 0.25) is 0 Å². The Bertz CT molecular complexity index is 2550. The first-order chi connectivity index (χ1) is 23.7. The quantitative estimate of drug-likeness (QED) is 0.165. The Hall–Kier alpha value is -5.50. The van der Waals surface area contributed by atoms with Gasteiger partial charge in [-0.2, -0.15) is 26.3 Å². The van der Waals surface area contributed by atoms with Crippen LogP contribution >= 0.6 is 0 Å². The van der Waals surface area contributed by atoms with Gasteiger partial charge in [-0.3, -0.25) is 0 Å². The normalized spacial score (nSPS) is 12.6. The van der Waals surface area contributed by atoms with Crippen molar-refractivity contribution < 1.29 is 26.3 Å². The van der Waals surface area contributed by atoms with Crippen molar-refractivity contribution in [1.82, 2.24) is 9.13 Å². The van der Waals surface area contributed by atoms with Crippen LogP contribution in [-0.2, 0) is 12.4 Å². The molecule has 0 N–H and O–H groups in total. The van der Waals surface area contributed by atoms with Crippen molar-refractivity contribution in [2.45, 2.75) is 40.0 Å². The Morgan fingerprint density at radius 3 is 1.30 bits per heavy atom. The summed E-state index contributed by atoms with van der Waals surface area (Å²) < 4.78 is 93.9. The van der Waals surface area contributed by atoms with Crippen LogP contribution in [0.15, 0.2) is 109 Å². The van der Waals surface area contributed by atoms with E-state index in [0.29, 0.717) is 22.1 Å². The number of halogens is 6. The number of aromatic nitrogens is 2. The molecule has 6 aromatic carbocycles. The van der Waals surface area contributed by atoms with Crippen molar-refractivity contribution in [2.75, 3.05) is 0 Å². The Kier molecular flexibility index (Phi) is 6.99. The zero-order valence-corrected chi connectivity index (χ0v) is 27.6. The van der Waals surface area contributed by atoms with Gasteiger partial charge in [-0.05, 0) is 98.0 Å². The molecule has 0 saturated heterocycles. The van der Waals surface area contributed by atoms with E-state index in [4.69, 9.17) is 0 Å². The molecule has 0 bridgehead atoms. The third kappa shape index (κ3) is 4.96. The fraction of sp³-hybridized carbons (Fsp3) is 0.143. The van der Waals surface area contributed by atoms with Gasteiger partial charge in [0.25, 0.3) is 0 Å². The Labute approximate surface area is 283 Å². The van der Waals surface area contributed by atoms with E-state index in [9.17, 15) is 13.2 Å². The molecule has 0 atom stereocenters. The summed E-state index contributed by atoms with van der Waals surface area (Å²) in [5.74, 6) is 0. The molecule has 0 spiro atoms. The van der Waals surface area contributed by atoms with Gasteiger partial charge in [0.1, 0.15) is 5.56 Å². The lowest BCUT2D eigenvalue weighted by Crippen LogP contribution is -2.17. The Morgan fingerprint density at radius 1 is 0.440 bits per heavy atom. The molecule has 0 saturated carbocycles. The fourth-order valence-electron chi connectivity index (χ4n) is 7.35. The van der Waals surface area contributed by atoms with E-state index in [-0.39, 0.29) is 22.5 Å². The van der Waals surface area contributed by atoms with Gasteiger partial charge in [-0.15, -0.1) is 0 Å². The summed E-state index contributed by atoms with van der Waals surface area (Å²) in [5.41, 5.74) is 3.47. The zero-order valence-electron chi connectivity index (χ0n) is 27.6. The molecule has 50 heavy (non-hydrogen) atoms. The van der Waals surface area contributed by atoms with E-state index >= 15 is 13.2 Å². The Balaban J connectivity index is 1.62. The van der Waals surface area contributed by atoms with E-state index in [2.05, 4.69) is 0 Å². The van der Waals surface area contributed by atoms with Gasteiger partial charge >= 0.3 is 12.4 Å². The molecular weight excluding hydrogens is 646 g/mol. The highest BCUT2D eigenvalue weighted by atomic mass is 19.4. The molecule has 0 aliphatic rings. The van der Waals surface area contributed by atoms with Crippen molar-refractivity contribution in [2.24, 2.45) is 0 Å². The Morgan fingerprint density at radius 2 is 0.880 bits per heavy atom. The second-order valence-corrected chi connectivity index (χ2v) is 13.2. The number of benzene rings is 6. The summed E-state index contributed by atoms with van der Waals surface area (Å²) in [6.07, 6.45) is -9.63. The third-order valence-corrected chi connectivity index (χ3v) is 9.56. The SMILES string of the molecule is Cc1ccc2c3ccc(C)cc3n(-c3ccc(-c4cccc(C(F)(F)F)c4)c(-n4c5cc(C)ccc5c5ccc(C)cc54)c3C(F)(F)F)c2c1. The first kappa shape index (κ1) is 31.7. The summed E-state index contributed by atoms with van der Waals surface area (Å²) in [4.78, 5) is 0. The van der Waals surface area contributed by atoms with E-state index in [1.807, 2.05) is 100 Å². The number of aryl methyl sites for hydroxylation is 4. The molecule has 8 rings (SSSR count). The highest BCUT2D eigenvalue weighted by Crippen LogP contribution is 2.48. The van der Waals surface area contributed by atoms with Crippen molar-refractivity contribution >= 4 is 43.6 Å². The van der Waals surface area contributed by atoms with Crippen molar-refractivity contribution in [3.8, 4) is 22.5 Å². The lowest BCUT2D eigenvalue weighted by molar-refractivity contribution is -0.138. The molecule has 0 radical (unpaired) electrons. The second-order valence-electron chi connectivity index (χ2n) is 13.2. The van der Waals surface area contributed by atoms with E-state index in [0.717, 1.165) is 55.9 Å². The van der Waals surface area contributed by atoms with Crippen molar-refractivity contribution in [3.05, 3.63) is 143 Å². The zero-order chi connectivity index (χ0) is 35.3. The van der Waals surface area contributed by atoms with Crippen LogP contribution in [0.5, 0.6) is 0 Å². The molecule has 0 fully saturated rings. The topological polar surface area (TPSA) is 9.86 Å². The lowest BCUT2D eigenvalue weighted by Gasteiger charge is -2.25. The molecule has 250 valence electrons. The predicted molar refractivity (Wildman–Crippen MR) is 190 cm³/mol. The van der Waals surface area contributed by atoms with Gasteiger partial charge in [0, 0.05) is 27.1 Å². The molecular formula is C42H30F6N2. The minimum Gasteiger partial charge on any atom is -0.309 e. The molecule has 0 unspecified atom stereocenters. The number of nitrogens with zero attached hydrogens (tertiary/aromatic N) is 2. The molecule has 0 aliphatic heterocycles. The highest BCUT2D eigenvalue weighted by molar-refractivity contribution is 6.12. The smallest absolute Gasteiger partial charge is 0.309 e. The molecule has 2 aromatic heterocycles. The molecule has 2 heterocycles. The summed E-state index contributed by atoms with van der Waals surface area (Å²) in [6.45, 7) is 7.51. The average Bonchev–Trinajstić information content (AvgIpc) is 3.53. The number of rotatable bonds is 3. The number of hydrogen-bond acceptors (Lipinski definition) is 0. The first-order valence-corrected chi connectivity index (χ1v) is 16.2. The number of alkyl halides is 6. The minimum atomic E-state index is -4.94. The maximum atomic E-state index is 16.2. The van der Waals surface area contributed by atoms with Crippen LogP contribution < -0.4 is 0 Å². The van der Waals surface area contributed by atoms with Gasteiger partial charge in [-0.25, -0.2) is 0 Å². The van der Waals surface area contributed by atoms with E-state index in [1.165, 1.54) is 24.3 Å². The van der Waals surface area contributed by atoms with Gasteiger partial charge < -0.3 is 9.13 Å². The monoisotopic (exact) mass is 676 g/mol. The van der Waals surface area contributed by atoms with Gasteiger partial charge in [0.15, 0.2) is 0 Å². The second kappa shape index (κ2) is 11.0. The average molecular weight is 677 g/mol. The van der Waals surface area contributed by atoms with E-state index in [1.54, 1.807) is 9.13 Å². The summed E-state index contributed by atoms with van der Waals surface area (Å²) in [5, 5.41) is 3.07. The molecule has 2 nitrogen and oxygen atoms in total. The maximum absolute atomic E-state index is 16.2. The molecule has 0 amide bonds. The standard InChI is InChI=1S/C42H30F6N2/c1-23-8-12-30-31-13-9-24(2)19-36(31)49(35(30)18-23)34-17-16-29(27-6-5-7-28(22-27)41(43,44)45)40(39(34)42(46,47)48)50-37-20-25(3)10-14-32(37)33-15-11-26(4)21-38(33)50/h5-22H,1-4H3. The lowest BCUT2D eigenvalue weighted by atomic mass is 9.95. The molecule has 8 heteroatoms. The van der Waals surface area contributed by atoms with Crippen LogP contribution in [0.3, 0.4) is 0 Å². The van der Waals surface area contributed by atoms with Crippen molar-refractivity contribution in [1.29, 1.82) is 0 Å². The van der Waals surface area contributed by atoms with Gasteiger partial charge in [-0.1, -0.05) is 66.7 Å². The summed E-state index contributed by atoms with van der Waals surface area (Å²) >= 11 is 0. The van der Waals surface area contributed by atoms with Crippen molar-refractivity contribution in [3.63, 3.8) is 0 Å². The largest absolute Gasteiger partial charge is 0.420 e. The van der Waals surface area contributed by atoms with E-state index < -0.39 is 23.5 Å². The van der Waals surface area contributed by atoms with Crippen LogP contribution in [0.25, 0.3) is 66.1 Å².